The molecular weight excluding hydrogens is 319 g/mol. The van der Waals surface area contributed by atoms with Crippen molar-refractivity contribution in [3.63, 3.8) is 0 Å². The quantitative estimate of drug-likeness (QED) is 0.513. The second-order valence-electron chi connectivity index (χ2n) is 5.17. The molecule has 0 bridgehead atoms. The third kappa shape index (κ3) is 3.01. The maximum Gasteiger partial charge on any atom is 0.271 e. The molecular formula is C17H14Cl2N2O. The van der Waals surface area contributed by atoms with Gasteiger partial charge in [-0.3, -0.25) is 4.79 Å². The molecule has 22 heavy (non-hydrogen) atoms. The molecule has 2 aromatic carbocycles. The predicted octanol–water partition coefficient (Wildman–Crippen LogP) is 3.99. The van der Waals surface area contributed by atoms with Crippen LogP contribution in [0.1, 0.15) is 21.8 Å². The van der Waals surface area contributed by atoms with Gasteiger partial charge in [0.15, 0.2) is 0 Å². The summed E-state index contributed by atoms with van der Waals surface area (Å²) in [4.78, 5) is 11.9. The molecule has 2 unspecified atom stereocenters. The summed E-state index contributed by atoms with van der Waals surface area (Å²) in [5.41, 5.74) is 4.11. The summed E-state index contributed by atoms with van der Waals surface area (Å²) in [7, 11) is 0. The van der Waals surface area contributed by atoms with E-state index in [9.17, 15) is 4.79 Å². The lowest BCUT2D eigenvalue weighted by molar-refractivity contribution is 0.0955. The highest BCUT2D eigenvalue weighted by Crippen LogP contribution is 2.63. The first-order valence-electron chi connectivity index (χ1n) is 6.92. The molecule has 3 rings (SSSR count). The van der Waals surface area contributed by atoms with Crippen LogP contribution in [0.2, 0.25) is 0 Å². The molecule has 1 saturated carbocycles. The Hall–Kier alpha value is -1.84. The van der Waals surface area contributed by atoms with Crippen molar-refractivity contribution in [2.24, 2.45) is 11.0 Å². The van der Waals surface area contributed by atoms with Crippen molar-refractivity contribution in [2.75, 3.05) is 0 Å². The number of halogens is 2. The molecule has 1 aliphatic carbocycles. The van der Waals surface area contributed by atoms with Gasteiger partial charge in [-0.05, 0) is 17.7 Å². The molecule has 3 nitrogen and oxygen atoms in total. The number of carbonyl (C=O) groups is 1. The highest BCUT2D eigenvalue weighted by molar-refractivity contribution is 6.53. The number of hydrazone groups is 1. The van der Waals surface area contributed by atoms with Gasteiger partial charge in [-0.25, -0.2) is 5.43 Å². The van der Waals surface area contributed by atoms with Gasteiger partial charge in [0.05, 0.1) is 0 Å². The van der Waals surface area contributed by atoms with Gasteiger partial charge in [0.2, 0.25) is 0 Å². The summed E-state index contributed by atoms with van der Waals surface area (Å²) in [6.45, 7) is 0. The zero-order valence-electron chi connectivity index (χ0n) is 11.6. The third-order valence-electron chi connectivity index (χ3n) is 3.70. The van der Waals surface area contributed by atoms with Crippen molar-refractivity contribution in [2.45, 2.75) is 10.3 Å². The van der Waals surface area contributed by atoms with E-state index in [1.807, 2.05) is 36.4 Å². The molecule has 5 heteroatoms. The van der Waals surface area contributed by atoms with Crippen LogP contribution in [0.3, 0.4) is 0 Å². The Balaban J connectivity index is 1.63. The van der Waals surface area contributed by atoms with Crippen LogP contribution in [0, 0.1) is 5.92 Å². The summed E-state index contributed by atoms with van der Waals surface area (Å²) in [5, 5.41) is 3.99. The predicted molar refractivity (Wildman–Crippen MR) is 89.5 cm³/mol. The minimum Gasteiger partial charge on any atom is -0.267 e. The third-order valence-corrected chi connectivity index (χ3v) is 4.68. The first-order chi connectivity index (χ1) is 10.6. The van der Waals surface area contributed by atoms with Gasteiger partial charge in [0, 0.05) is 23.6 Å². The molecule has 0 aliphatic heterocycles. The second kappa shape index (κ2) is 6.11. The Bertz CT molecular complexity index is 686. The van der Waals surface area contributed by atoms with Crippen LogP contribution in [0.15, 0.2) is 65.8 Å². The van der Waals surface area contributed by atoms with Crippen molar-refractivity contribution in [3.05, 3.63) is 71.8 Å². The maximum absolute atomic E-state index is 11.9. The molecule has 0 spiro atoms. The summed E-state index contributed by atoms with van der Waals surface area (Å²) in [6.07, 6.45) is 1.61. The normalized spacial score (nSPS) is 22.5. The van der Waals surface area contributed by atoms with Crippen LogP contribution in [-0.4, -0.2) is 16.5 Å². The fourth-order valence-corrected chi connectivity index (χ4v) is 3.22. The van der Waals surface area contributed by atoms with Gasteiger partial charge in [-0.1, -0.05) is 48.5 Å². The van der Waals surface area contributed by atoms with Gasteiger partial charge >= 0.3 is 0 Å². The molecule has 0 aromatic heterocycles. The van der Waals surface area contributed by atoms with Gasteiger partial charge in [-0.2, -0.15) is 5.10 Å². The number of benzene rings is 2. The molecule has 1 fully saturated rings. The lowest BCUT2D eigenvalue weighted by Crippen LogP contribution is -2.17. The highest BCUT2D eigenvalue weighted by atomic mass is 35.5. The van der Waals surface area contributed by atoms with Crippen molar-refractivity contribution in [1.82, 2.24) is 5.43 Å². The monoisotopic (exact) mass is 332 g/mol. The largest absolute Gasteiger partial charge is 0.271 e. The molecule has 1 aliphatic rings. The zero-order valence-corrected chi connectivity index (χ0v) is 13.1. The van der Waals surface area contributed by atoms with Crippen LogP contribution >= 0.6 is 23.2 Å². The van der Waals surface area contributed by atoms with Crippen LogP contribution in [0.5, 0.6) is 0 Å². The van der Waals surface area contributed by atoms with Crippen molar-refractivity contribution in [1.29, 1.82) is 0 Å². The second-order valence-corrected chi connectivity index (χ2v) is 6.62. The van der Waals surface area contributed by atoms with E-state index in [0.717, 1.165) is 5.56 Å². The Morgan fingerprint density at radius 3 is 2.27 bits per heavy atom. The van der Waals surface area contributed by atoms with Crippen molar-refractivity contribution in [3.8, 4) is 0 Å². The Labute approximate surface area is 138 Å². The van der Waals surface area contributed by atoms with Crippen LogP contribution in [0.4, 0.5) is 0 Å². The topological polar surface area (TPSA) is 41.5 Å². The van der Waals surface area contributed by atoms with Crippen molar-refractivity contribution >= 4 is 35.3 Å². The molecule has 1 N–H and O–H groups in total. The summed E-state index contributed by atoms with van der Waals surface area (Å²) >= 11 is 12.6. The Kier molecular flexibility index (Phi) is 4.19. The first kappa shape index (κ1) is 15.1. The molecule has 112 valence electrons. The van der Waals surface area contributed by atoms with E-state index in [1.54, 1.807) is 30.5 Å². The molecule has 2 atom stereocenters. The average molecular weight is 333 g/mol. The number of rotatable bonds is 4. The molecule has 0 saturated heterocycles. The van der Waals surface area contributed by atoms with Crippen LogP contribution in [0.25, 0.3) is 0 Å². The van der Waals surface area contributed by atoms with Gasteiger partial charge < -0.3 is 0 Å². The molecule has 2 aromatic rings. The van der Waals surface area contributed by atoms with E-state index in [2.05, 4.69) is 10.5 Å². The number of alkyl halides is 2. The van der Waals surface area contributed by atoms with E-state index >= 15 is 0 Å². The summed E-state index contributed by atoms with van der Waals surface area (Å²) in [6, 6.07) is 18.7. The SMILES string of the molecule is O=C(NN=CC1C(c2ccccc2)C1(Cl)Cl)c1ccccc1. The van der Waals surface area contributed by atoms with E-state index in [1.165, 1.54) is 0 Å². The van der Waals surface area contributed by atoms with Gasteiger partial charge in [-0.15, -0.1) is 23.2 Å². The van der Waals surface area contributed by atoms with Crippen LogP contribution in [-0.2, 0) is 0 Å². The molecule has 1 amide bonds. The van der Waals surface area contributed by atoms with E-state index in [0.29, 0.717) is 5.56 Å². The highest BCUT2D eigenvalue weighted by Gasteiger charge is 2.63. The number of hydrogen-bond acceptors (Lipinski definition) is 2. The fourth-order valence-electron chi connectivity index (χ4n) is 2.46. The number of amides is 1. The number of carbonyl (C=O) groups excluding carboxylic acids is 1. The Morgan fingerprint density at radius 1 is 1.05 bits per heavy atom. The Morgan fingerprint density at radius 2 is 1.64 bits per heavy atom. The summed E-state index contributed by atoms with van der Waals surface area (Å²) < 4.78 is -0.873. The molecule has 0 heterocycles. The minimum atomic E-state index is -0.873. The standard InChI is InChI=1S/C17H14Cl2N2O/c18-17(19)14(15(17)12-7-3-1-4-8-12)11-20-21-16(22)13-9-5-2-6-10-13/h1-11,14-15H,(H,21,22). The van der Waals surface area contributed by atoms with Crippen molar-refractivity contribution < 1.29 is 4.79 Å². The number of nitrogens with zero attached hydrogens (tertiary/aromatic N) is 1. The average Bonchev–Trinajstić information content (AvgIpc) is 3.10. The van der Waals surface area contributed by atoms with Gasteiger partial charge in [0.1, 0.15) is 4.33 Å². The smallest absolute Gasteiger partial charge is 0.267 e. The number of nitrogens with one attached hydrogen (secondary N) is 1. The maximum atomic E-state index is 11.9. The van der Waals surface area contributed by atoms with Crippen LogP contribution < -0.4 is 5.43 Å². The lowest BCUT2D eigenvalue weighted by atomic mass is 10.1. The van der Waals surface area contributed by atoms with Gasteiger partial charge in [0.25, 0.3) is 5.91 Å². The molecule has 0 radical (unpaired) electrons. The lowest BCUT2D eigenvalue weighted by Gasteiger charge is -1.98. The zero-order chi connectivity index (χ0) is 15.6. The van der Waals surface area contributed by atoms with E-state index in [4.69, 9.17) is 23.2 Å². The summed E-state index contributed by atoms with van der Waals surface area (Å²) in [5.74, 6) is -0.382. The number of hydrogen-bond donors (Lipinski definition) is 1. The fraction of sp³-hybridized carbons (Fsp3) is 0.176. The van der Waals surface area contributed by atoms with E-state index < -0.39 is 4.33 Å². The first-order valence-corrected chi connectivity index (χ1v) is 7.67. The van der Waals surface area contributed by atoms with E-state index in [-0.39, 0.29) is 17.7 Å². The minimum absolute atomic E-state index is 0.00518.